The first-order valence-corrected chi connectivity index (χ1v) is 6.24. The lowest BCUT2D eigenvalue weighted by atomic mass is 10.1. The first-order valence-electron chi connectivity index (χ1n) is 6.24. The highest BCUT2D eigenvalue weighted by molar-refractivity contribution is 4.74. The minimum Gasteiger partial charge on any atom is -0.302 e. The van der Waals surface area contributed by atoms with E-state index in [1.54, 1.807) is 0 Å². The Morgan fingerprint density at radius 1 is 1.07 bits per heavy atom. The Balaban J connectivity index is 2.27. The van der Waals surface area contributed by atoms with Gasteiger partial charge in [0.15, 0.2) is 0 Å². The molecule has 0 saturated carbocycles. The molecule has 1 fully saturated rings. The van der Waals surface area contributed by atoms with Crippen LogP contribution in [0.3, 0.4) is 0 Å². The van der Waals surface area contributed by atoms with E-state index in [0.717, 1.165) is 6.04 Å². The molecule has 1 aliphatic rings. The fraction of sp³-hybridized carbons (Fsp3) is 1.00. The van der Waals surface area contributed by atoms with E-state index in [4.69, 9.17) is 0 Å². The van der Waals surface area contributed by atoms with E-state index in [1.165, 1.54) is 52.0 Å². The van der Waals surface area contributed by atoms with Crippen molar-refractivity contribution in [3.8, 4) is 0 Å². The number of hydrogen-bond acceptors (Lipinski definition) is 2. The molecule has 0 bridgehead atoms. The zero-order valence-corrected chi connectivity index (χ0v) is 10.1. The number of nitrogens with zero attached hydrogens (tertiary/aromatic N) is 2. The van der Waals surface area contributed by atoms with Crippen LogP contribution in [0.2, 0.25) is 0 Å². The van der Waals surface area contributed by atoms with Gasteiger partial charge < -0.3 is 4.90 Å². The highest BCUT2D eigenvalue weighted by atomic mass is 15.2. The lowest BCUT2D eigenvalue weighted by Gasteiger charge is -2.35. The molecule has 14 heavy (non-hydrogen) atoms. The topological polar surface area (TPSA) is 6.48 Å². The molecule has 1 saturated heterocycles. The Bertz CT molecular complexity index is 137. The van der Waals surface area contributed by atoms with Gasteiger partial charge in [-0.05, 0) is 45.9 Å². The van der Waals surface area contributed by atoms with Crippen molar-refractivity contribution in [3.05, 3.63) is 0 Å². The molecule has 0 aromatic carbocycles. The second-order valence-corrected chi connectivity index (χ2v) is 4.43. The van der Waals surface area contributed by atoms with Crippen LogP contribution >= 0.6 is 0 Å². The maximum atomic E-state index is 2.65. The van der Waals surface area contributed by atoms with Gasteiger partial charge >= 0.3 is 0 Å². The average molecular weight is 198 g/mol. The van der Waals surface area contributed by atoms with Crippen molar-refractivity contribution >= 4 is 0 Å². The smallest absolute Gasteiger partial charge is 0.0194 e. The standard InChI is InChI=1S/C12H26N2/c1-4-13(5-2)11-12(3)14-9-7-6-8-10-14/h12H,4-11H2,1-3H3. The van der Waals surface area contributed by atoms with Crippen molar-refractivity contribution < 1.29 is 0 Å². The van der Waals surface area contributed by atoms with Crippen LogP contribution in [0.4, 0.5) is 0 Å². The van der Waals surface area contributed by atoms with Gasteiger partial charge in [0.05, 0.1) is 0 Å². The molecule has 0 amide bonds. The molecular formula is C12H26N2. The van der Waals surface area contributed by atoms with E-state index < -0.39 is 0 Å². The van der Waals surface area contributed by atoms with Gasteiger partial charge in [-0.25, -0.2) is 0 Å². The summed E-state index contributed by atoms with van der Waals surface area (Å²) in [6, 6.07) is 0.746. The summed E-state index contributed by atoms with van der Waals surface area (Å²) in [7, 11) is 0. The van der Waals surface area contributed by atoms with Gasteiger partial charge in [-0.2, -0.15) is 0 Å². The van der Waals surface area contributed by atoms with Crippen molar-refractivity contribution in [2.24, 2.45) is 0 Å². The van der Waals surface area contributed by atoms with Crippen LogP contribution in [0, 0.1) is 0 Å². The third-order valence-electron chi connectivity index (χ3n) is 3.43. The van der Waals surface area contributed by atoms with Gasteiger partial charge in [-0.3, -0.25) is 4.90 Å². The summed E-state index contributed by atoms with van der Waals surface area (Å²) in [5.41, 5.74) is 0. The lowest BCUT2D eigenvalue weighted by Crippen LogP contribution is -2.44. The molecule has 1 heterocycles. The average Bonchev–Trinajstić information content (AvgIpc) is 2.26. The summed E-state index contributed by atoms with van der Waals surface area (Å²) in [6.45, 7) is 13.2. The van der Waals surface area contributed by atoms with E-state index in [2.05, 4.69) is 30.6 Å². The van der Waals surface area contributed by atoms with Crippen LogP contribution in [-0.2, 0) is 0 Å². The predicted molar refractivity (Wildman–Crippen MR) is 62.7 cm³/mol. The zero-order valence-electron chi connectivity index (χ0n) is 10.1. The van der Waals surface area contributed by atoms with Crippen LogP contribution in [0.5, 0.6) is 0 Å². The monoisotopic (exact) mass is 198 g/mol. The number of hydrogen-bond donors (Lipinski definition) is 0. The summed E-state index contributed by atoms with van der Waals surface area (Å²) < 4.78 is 0. The zero-order chi connectivity index (χ0) is 10.4. The summed E-state index contributed by atoms with van der Waals surface area (Å²) in [5.74, 6) is 0. The number of likely N-dealkylation sites (tertiary alicyclic amines) is 1. The highest BCUT2D eigenvalue weighted by Gasteiger charge is 2.17. The molecule has 1 aliphatic heterocycles. The second kappa shape index (κ2) is 6.41. The SMILES string of the molecule is CCN(CC)CC(C)N1CCCCC1. The Morgan fingerprint density at radius 3 is 2.14 bits per heavy atom. The molecular weight excluding hydrogens is 172 g/mol. The molecule has 0 spiro atoms. The Labute approximate surface area is 89.3 Å². The van der Waals surface area contributed by atoms with E-state index >= 15 is 0 Å². The van der Waals surface area contributed by atoms with Gasteiger partial charge in [-0.15, -0.1) is 0 Å². The molecule has 1 atom stereocenters. The van der Waals surface area contributed by atoms with Crippen molar-refractivity contribution in [2.75, 3.05) is 32.7 Å². The summed E-state index contributed by atoms with van der Waals surface area (Å²) >= 11 is 0. The number of piperidine rings is 1. The van der Waals surface area contributed by atoms with Gasteiger partial charge in [0, 0.05) is 12.6 Å². The minimum absolute atomic E-state index is 0.746. The summed E-state index contributed by atoms with van der Waals surface area (Å²) in [6.07, 6.45) is 4.25. The first kappa shape index (κ1) is 12.0. The number of likely N-dealkylation sites (N-methyl/N-ethyl adjacent to an activating group) is 1. The van der Waals surface area contributed by atoms with Crippen molar-refractivity contribution in [2.45, 2.75) is 46.1 Å². The van der Waals surface area contributed by atoms with Gasteiger partial charge in [0.25, 0.3) is 0 Å². The molecule has 1 rings (SSSR count). The van der Waals surface area contributed by atoms with E-state index in [9.17, 15) is 0 Å². The van der Waals surface area contributed by atoms with E-state index in [-0.39, 0.29) is 0 Å². The lowest BCUT2D eigenvalue weighted by molar-refractivity contribution is 0.133. The second-order valence-electron chi connectivity index (χ2n) is 4.43. The largest absolute Gasteiger partial charge is 0.302 e. The molecule has 0 aliphatic carbocycles. The van der Waals surface area contributed by atoms with E-state index in [1.807, 2.05) is 0 Å². The maximum absolute atomic E-state index is 2.65. The third-order valence-corrected chi connectivity index (χ3v) is 3.43. The van der Waals surface area contributed by atoms with Crippen LogP contribution in [0.25, 0.3) is 0 Å². The fourth-order valence-corrected chi connectivity index (χ4v) is 2.33. The van der Waals surface area contributed by atoms with Crippen LogP contribution in [0.1, 0.15) is 40.0 Å². The van der Waals surface area contributed by atoms with E-state index in [0.29, 0.717) is 0 Å². The molecule has 2 nitrogen and oxygen atoms in total. The summed E-state index contributed by atoms with van der Waals surface area (Å²) in [4.78, 5) is 5.18. The molecule has 0 radical (unpaired) electrons. The van der Waals surface area contributed by atoms with Crippen LogP contribution < -0.4 is 0 Å². The highest BCUT2D eigenvalue weighted by Crippen LogP contribution is 2.12. The quantitative estimate of drug-likeness (QED) is 0.668. The Morgan fingerprint density at radius 2 is 1.64 bits per heavy atom. The molecule has 0 aromatic rings. The van der Waals surface area contributed by atoms with Crippen molar-refractivity contribution in [1.82, 2.24) is 9.80 Å². The fourth-order valence-electron chi connectivity index (χ4n) is 2.33. The van der Waals surface area contributed by atoms with Crippen LogP contribution in [0.15, 0.2) is 0 Å². The number of rotatable bonds is 5. The van der Waals surface area contributed by atoms with Gasteiger partial charge in [-0.1, -0.05) is 20.3 Å². The Hall–Kier alpha value is -0.0800. The molecule has 2 heteroatoms. The van der Waals surface area contributed by atoms with Crippen LogP contribution in [-0.4, -0.2) is 48.6 Å². The third kappa shape index (κ3) is 3.58. The van der Waals surface area contributed by atoms with Crippen molar-refractivity contribution in [1.29, 1.82) is 0 Å². The normalized spacial score (nSPS) is 21.4. The molecule has 1 unspecified atom stereocenters. The molecule has 84 valence electrons. The Kier molecular flexibility index (Phi) is 5.49. The van der Waals surface area contributed by atoms with Gasteiger partial charge in [0.2, 0.25) is 0 Å². The van der Waals surface area contributed by atoms with Gasteiger partial charge in [0.1, 0.15) is 0 Å². The maximum Gasteiger partial charge on any atom is 0.0194 e. The molecule has 0 aromatic heterocycles. The predicted octanol–water partition coefficient (Wildman–Crippen LogP) is 2.20. The molecule has 0 N–H and O–H groups in total. The van der Waals surface area contributed by atoms with Crippen molar-refractivity contribution in [3.63, 3.8) is 0 Å². The first-order chi connectivity index (χ1) is 6.77. The summed E-state index contributed by atoms with van der Waals surface area (Å²) in [5, 5.41) is 0. The minimum atomic E-state index is 0.746.